The highest BCUT2D eigenvalue weighted by Crippen LogP contribution is 2.30. The van der Waals surface area contributed by atoms with Gasteiger partial charge in [0.2, 0.25) is 5.91 Å². The molecular formula is C10H10N2O3S. The Morgan fingerprint density at radius 3 is 3.25 bits per heavy atom. The van der Waals surface area contributed by atoms with E-state index >= 15 is 0 Å². The van der Waals surface area contributed by atoms with Gasteiger partial charge in [0.25, 0.3) is 0 Å². The van der Waals surface area contributed by atoms with Crippen molar-refractivity contribution in [1.82, 2.24) is 4.98 Å². The standard InChI is InChI=1S/C10H10N2O3S/c1-6(13)15-4-7-2-8-9(3-11-7)16-5-10(14)12-8/h2-3H,4-5H2,1H3,(H,12,14). The lowest BCUT2D eigenvalue weighted by Gasteiger charge is -2.16. The first-order valence-electron chi connectivity index (χ1n) is 4.70. The summed E-state index contributed by atoms with van der Waals surface area (Å²) in [5, 5.41) is 2.75. The summed E-state index contributed by atoms with van der Waals surface area (Å²) in [5.74, 6) is 0.0397. The molecule has 0 aromatic carbocycles. The van der Waals surface area contributed by atoms with Crippen LogP contribution in [0.25, 0.3) is 0 Å². The van der Waals surface area contributed by atoms with Gasteiger partial charge in [-0.1, -0.05) is 0 Å². The lowest BCUT2D eigenvalue weighted by Crippen LogP contribution is -2.19. The zero-order valence-corrected chi connectivity index (χ0v) is 9.47. The summed E-state index contributed by atoms with van der Waals surface area (Å²) in [7, 11) is 0. The maximum Gasteiger partial charge on any atom is 0.303 e. The number of ether oxygens (including phenoxy) is 1. The zero-order valence-electron chi connectivity index (χ0n) is 8.65. The first-order chi connectivity index (χ1) is 7.65. The first kappa shape index (κ1) is 10.9. The third-order valence-electron chi connectivity index (χ3n) is 1.98. The average Bonchev–Trinajstić information content (AvgIpc) is 2.25. The van der Waals surface area contributed by atoms with Crippen LogP contribution in [0.2, 0.25) is 0 Å². The molecule has 0 fully saturated rings. The van der Waals surface area contributed by atoms with E-state index in [4.69, 9.17) is 4.74 Å². The topological polar surface area (TPSA) is 68.3 Å². The van der Waals surface area contributed by atoms with Crippen LogP contribution in [0.3, 0.4) is 0 Å². The Labute approximate surface area is 96.6 Å². The van der Waals surface area contributed by atoms with Gasteiger partial charge in [0, 0.05) is 18.0 Å². The van der Waals surface area contributed by atoms with Crippen molar-refractivity contribution in [3.8, 4) is 0 Å². The number of pyridine rings is 1. The molecule has 5 nitrogen and oxygen atoms in total. The fraction of sp³-hybridized carbons (Fsp3) is 0.300. The summed E-state index contributed by atoms with van der Waals surface area (Å²) >= 11 is 1.45. The molecule has 0 saturated heterocycles. The Hall–Kier alpha value is -1.56. The molecule has 1 aliphatic heterocycles. The van der Waals surface area contributed by atoms with E-state index < -0.39 is 0 Å². The normalized spacial score (nSPS) is 13.9. The molecule has 84 valence electrons. The van der Waals surface area contributed by atoms with Crippen molar-refractivity contribution in [3.63, 3.8) is 0 Å². The van der Waals surface area contributed by atoms with Gasteiger partial charge in [-0.2, -0.15) is 0 Å². The van der Waals surface area contributed by atoms with Gasteiger partial charge in [-0.25, -0.2) is 0 Å². The summed E-state index contributed by atoms with van der Waals surface area (Å²) in [6, 6.07) is 1.72. The van der Waals surface area contributed by atoms with Crippen LogP contribution in [-0.2, 0) is 20.9 Å². The molecule has 0 unspecified atom stereocenters. The minimum atomic E-state index is -0.349. The van der Waals surface area contributed by atoms with E-state index in [1.807, 2.05) is 0 Å². The number of hydrogen-bond acceptors (Lipinski definition) is 5. The van der Waals surface area contributed by atoms with E-state index in [0.29, 0.717) is 11.4 Å². The second-order valence-electron chi connectivity index (χ2n) is 3.29. The largest absolute Gasteiger partial charge is 0.459 e. The van der Waals surface area contributed by atoms with Gasteiger partial charge < -0.3 is 10.1 Å². The lowest BCUT2D eigenvalue weighted by atomic mass is 10.3. The molecule has 0 atom stereocenters. The molecule has 1 N–H and O–H groups in total. The molecule has 0 bridgehead atoms. The van der Waals surface area contributed by atoms with Gasteiger partial charge in [0.1, 0.15) is 6.61 Å². The number of thioether (sulfide) groups is 1. The number of esters is 1. The third-order valence-corrected chi connectivity index (χ3v) is 3.02. The van der Waals surface area contributed by atoms with Crippen LogP contribution >= 0.6 is 11.8 Å². The summed E-state index contributed by atoms with van der Waals surface area (Å²) in [6.07, 6.45) is 1.68. The Morgan fingerprint density at radius 2 is 2.50 bits per heavy atom. The Bertz CT molecular complexity index is 448. The molecule has 1 aromatic rings. The third kappa shape index (κ3) is 2.52. The van der Waals surface area contributed by atoms with E-state index in [0.717, 1.165) is 10.6 Å². The summed E-state index contributed by atoms with van der Waals surface area (Å²) in [4.78, 5) is 26.9. The molecule has 0 aliphatic carbocycles. The van der Waals surface area contributed by atoms with Crippen LogP contribution < -0.4 is 5.32 Å². The van der Waals surface area contributed by atoms with Gasteiger partial charge in [-0.05, 0) is 6.07 Å². The molecular weight excluding hydrogens is 228 g/mol. The van der Waals surface area contributed by atoms with Crippen molar-refractivity contribution in [1.29, 1.82) is 0 Å². The number of hydrogen-bond donors (Lipinski definition) is 1. The van der Waals surface area contributed by atoms with E-state index in [9.17, 15) is 9.59 Å². The van der Waals surface area contributed by atoms with Crippen molar-refractivity contribution < 1.29 is 14.3 Å². The molecule has 6 heteroatoms. The SMILES string of the molecule is CC(=O)OCc1cc2c(cn1)SCC(=O)N2. The van der Waals surface area contributed by atoms with E-state index in [1.165, 1.54) is 18.7 Å². The number of aromatic nitrogens is 1. The van der Waals surface area contributed by atoms with Crippen molar-refractivity contribution in [2.24, 2.45) is 0 Å². The second-order valence-corrected chi connectivity index (χ2v) is 4.31. The highest BCUT2D eigenvalue weighted by molar-refractivity contribution is 8.00. The number of anilines is 1. The van der Waals surface area contributed by atoms with Crippen LogP contribution in [-0.4, -0.2) is 22.6 Å². The molecule has 0 saturated carbocycles. The Morgan fingerprint density at radius 1 is 1.69 bits per heavy atom. The van der Waals surface area contributed by atoms with Gasteiger partial charge in [-0.3, -0.25) is 14.6 Å². The van der Waals surface area contributed by atoms with Crippen LogP contribution in [0, 0.1) is 0 Å². The van der Waals surface area contributed by atoms with Gasteiger partial charge in [0.05, 0.1) is 17.1 Å². The van der Waals surface area contributed by atoms with Crippen LogP contribution in [0.15, 0.2) is 17.2 Å². The number of nitrogens with zero attached hydrogens (tertiary/aromatic N) is 1. The average molecular weight is 238 g/mol. The number of nitrogens with one attached hydrogen (secondary N) is 1. The summed E-state index contributed by atoms with van der Waals surface area (Å²) < 4.78 is 4.82. The molecule has 16 heavy (non-hydrogen) atoms. The number of carbonyl (C=O) groups excluding carboxylic acids is 2. The number of rotatable bonds is 2. The molecule has 0 radical (unpaired) electrons. The molecule has 2 rings (SSSR count). The smallest absolute Gasteiger partial charge is 0.303 e. The van der Waals surface area contributed by atoms with Crippen molar-refractivity contribution >= 4 is 29.3 Å². The van der Waals surface area contributed by atoms with E-state index in [2.05, 4.69) is 10.3 Å². The predicted molar refractivity (Wildman–Crippen MR) is 59.1 cm³/mol. The lowest BCUT2D eigenvalue weighted by molar-refractivity contribution is -0.142. The minimum Gasteiger partial charge on any atom is -0.459 e. The highest BCUT2D eigenvalue weighted by atomic mass is 32.2. The van der Waals surface area contributed by atoms with Gasteiger partial charge in [0.15, 0.2) is 0 Å². The molecule has 0 spiro atoms. The number of amides is 1. The van der Waals surface area contributed by atoms with Gasteiger partial charge in [-0.15, -0.1) is 11.8 Å². The fourth-order valence-electron chi connectivity index (χ4n) is 1.28. The quantitative estimate of drug-likeness (QED) is 0.784. The molecule has 1 amide bonds. The van der Waals surface area contributed by atoms with E-state index in [-0.39, 0.29) is 18.5 Å². The van der Waals surface area contributed by atoms with Crippen molar-refractivity contribution in [2.45, 2.75) is 18.4 Å². The summed E-state index contributed by atoms with van der Waals surface area (Å²) in [6.45, 7) is 1.47. The van der Waals surface area contributed by atoms with Gasteiger partial charge >= 0.3 is 5.97 Å². The van der Waals surface area contributed by atoms with Crippen molar-refractivity contribution in [3.05, 3.63) is 18.0 Å². The van der Waals surface area contributed by atoms with E-state index in [1.54, 1.807) is 12.3 Å². The molecule has 1 aromatic heterocycles. The van der Waals surface area contributed by atoms with Crippen LogP contribution in [0.1, 0.15) is 12.6 Å². The number of fused-ring (bicyclic) bond motifs is 1. The van der Waals surface area contributed by atoms with Crippen LogP contribution in [0.5, 0.6) is 0 Å². The molecule has 2 heterocycles. The monoisotopic (exact) mass is 238 g/mol. The maximum absolute atomic E-state index is 11.2. The predicted octanol–water partition coefficient (Wildman–Crippen LogP) is 1.19. The maximum atomic E-state index is 11.2. The molecule has 1 aliphatic rings. The fourth-order valence-corrected chi connectivity index (χ4v) is 2.03. The first-order valence-corrected chi connectivity index (χ1v) is 5.68. The van der Waals surface area contributed by atoms with Crippen molar-refractivity contribution in [2.75, 3.05) is 11.1 Å². The Kier molecular flexibility index (Phi) is 3.09. The minimum absolute atomic E-state index is 0.0258. The highest BCUT2D eigenvalue weighted by Gasteiger charge is 2.16. The Balaban J connectivity index is 2.14. The summed E-state index contributed by atoms with van der Waals surface area (Å²) in [5.41, 5.74) is 1.36. The zero-order chi connectivity index (χ0) is 11.5. The second kappa shape index (κ2) is 4.52. The number of carbonyl (C=O) groups is 2. The van der Waals surface area contributed by atoms with Crippen LogP contribution in [0.4, 0.5) is 5.69 Å².